The van der Waals surface area contributed by atoms with E-state index in [4.69, 9.17) is 10.5 Å². The van der Waals surface area contributed by atoms with Gasteiger partial charge in [0, 0.05) is 13.2 Å². The average Bonchev–Trinajstić information content (AvgIpc) is 3.05. The van der Waals surface area contributed by atoms with Crippen LogP contribution in [-0.4, -0.2) is 26.9 Å². The molecular weight excluding hydrogens is 254 g/mol. The number of nitrogens with zero attached hydrogens (tertiary/aromatic N) is 3. The normalized spacial score (nSPS) is 10.7. The highest BCUT2D eigenvalue weighted by molar-refractivity contribution is 5.86. The van der Waals surface area contributed by atoms with Gasteiger partial charge in [-0.25, -0.2) is 4.98 Å². The van der Waals surface area contributed by atoms with Crippen LogP contribution in [0.5, 0.6) is 5.75 Å². The van der Waals surface area contributed by atoms with Crippen LogP contribution in [0.25, 0.3) is 22.5 Å². The molecule has 102 valence electrons. The Morgan fingerprint density at radius 1 is 1.35 bits per heavy atom. The molecule has 3 aromatic rings. The van der Waals surface area contributed by atoms with Gasteiger partial charge in [0.2, 0.25) is 0 Å². The number of aryl methyl sites for hydroxylation is 1. The van der Waals surface area contributed by atoms with E-state index in [1.54, 1.807) is 13.4 Å². The van der Waals surface area contributed by atoms with Crippen molar-refractivity contribution >= 4 is 5.82 Å². The molecule has 0 radical (unpaired) electrons. The van der Waals surface area contributed by atoms with Gasteiger partial charge in [-0.1, -0.05) is 12.1 Å². The summed E-state index contributed by atoms with van der Waals surface area (Å²) in [6, 6.07) is 7.70. The summed E-state index contributed by atoms with van der Waals surface area (Å²) >= 11 is 0. The molecule has 2 aromatic heterocycles. The maximum atomic E-state index is 5.99. The van der Waals surface area contributed by atoms with E-state index in [1.165, 1.54) is 0 Å². The molecule has 2 heterocycles. The minimum Gasteiger partial charge on any atom is -0.497 e. The smallest absolute Gasteiger partial charge is 0.153 e. The second kappa shape index (κ2) is 4.73. The van der Waals surface area contributed by atoms with Crippen LogP contribution in [0.2, 0.25) is 0 Å². The number of benzene rings is 1. The molecule has 3 rings (SSSR count). The van der Waals surface area contributed by atoms with E-state index in [-0.39, 0.29) is 0 Å². The number of hydrogen-bond donors (Lipinski definition) is 2. The van der Waals surface area contributed by atoms with Crippen molar-refractivity contribution in [3.8, 4) is 28.3 Å². The topological polar surface area (TPSA) is 81.8 Å². The van der Waals surface area contributed by atoms with Gasteiger partial charge in [0.05, 0.1) is 24.7 Å². The van der Waals surface area contributed by atoms with Crippen LogP contribution >= 0.6 is 0 Å². The van der Waals surface area contributed by atoms with E-state index in [0.717, 1.165) is 28.3 Å². The largest absolute Gasteiger partial charge is 0.497 e. The molecule has 0 fully saturated rings. The third-order valence-corrected chi connectivity index (χ3v) is 3.11. The molecule has 0 spiro atoms. The lowest BCUT2D eigenvalue weighted by Crippen LogP contribution is -1.90. The van der Waals surface area contributed by atoms with Gasteiger partial charge in [0.1, 0.15) is 11.4 Å². The number of hydrogen-bond acceptors (Lipinski definition) is 4. The minimum absolute atomic E-state index is 0.443. The first-order valence-electron chi connectivity index (χ1n) is 6.15. The van der Waals surface area contributed by atoms with E-state index in [2.05, 4.69) is 15.2 Å². The van der Waals surface area contributed by atoms with E-state index < -0.39 is 0 Å². The Bertz CT molecular complexity index is 744. The predicted octanol–water partition coefficient (Wildman–Crippen LogP) is 2.07. The minimum atomic E-state index is 0.443. The Morgan fingerprint density at radius 2 is 2.20 bits per heavy atom. The average molecular weight is 269 g/mol. The summed E-state index contributed by atoms with van der Waals surface area (Å²) in [4.78, 5) is 4.33. The van der Waals surface area contributed by atoms with Crippen LogP contribution in [-0.2, 0) is 7.05 Å². The lowest BCUT2D eigenvalue weighted by molar-refractivity contribution is 0.415. The molecule has 0 bridgehead atoms. The van der Waals surface area contributed by atoms with Gasteiger partial charge in [0.15, 0.2) is 5.82 Å². The molecule has 0 amide bonds. The predicted molar refractivity (Wildman–Crippen MR) is 77.2 cm³/mol. The Labute approximate surface area is 116 Å². The molecule has 0 aliphatic carbocycles. The summed E-state index contributed by atoms with van der Waals surface area (Å²) in [5.41, 5.74) is 9.37. The number of methoxy groups -OCH3 is 1. The second-order valence-corrected chi connectivity index (χ2v) is 4.52. The van der Waals surface area contributed by atoms with Gasteiger partial charge in [-0.3, -0.25) is 5.10 Å². The summed E-state index contributed by atoms with van der Waals surface area (Å²) < 4.78 is 7.13. The zero-order valence-electron chi connectivity index (χ0n) is 11.3. The SMILES string of the molecule is COc1cccc(-c2c(N)n[nH]c2-c2cn(C)cn2)c1. The van der Waals surface area contributed by atoms with Crippen LogP contribution in [0.4, 0.5) is 5.82 Å². The summed E-state index contributed by atoms with van der Waals surface area (Å²) in [6.07, 6.45) is 3.65. The van der Waals surface area contributed by atoms with Crippen molar-refractivity contribution in [1.82, 2.24) is 19.7 Å². The van der Waals surface area contributed by atoms with Crippen LogP contribution in [0.1, 0.15) is 0 Å². The fourth-order valence-electron chi connectivity index (χ4n) is 2.15. The Morgan fingerprint density at radius 3 is 2.90 bits per heavy atom. The number of anilines is 1. The molecule has 0 atom stereocenters. The molecule has 6 heteroatoms. The first kappa shape index (κ1) is 12.3. The molecular formula is C14H15N5O. The van der Waals surface area contributed by atoms with Crippen molar-refractivity contribution in [2.75, 3.05) is 12.8 Å². The molecule has 0 saturated carbocycles. The molecule has 20 heavy (non-hydrogen) atoms. The highest BCUT2D eigenvalue weighted by Gasteiger charge is 2.16. The van der Waals surface area contributed by atoms with E-state index in [9.17, 15) is 0 Å². The quantitative estimate of drug-likeness (QED) is 0.762. The molecule has 0 saturated heterocycles. The van der Waals surface area contributed by atoms with Gasteiger partial charge in [-0.2, -0.15) is 5.10 Å². The third kappa shape index (κ3) is 2.01. The summed E-state index contributed by atoms with van der Waals surface area (Å²) in [6.45, 7) is 0. The fourth-order valence-corrected chi connectivity index (χ4v) is 2.15. The standard InChI is InChI=1S/C14H15N5O/c1-19-7-11(16-8-19)13-12(14(15)18-17-13)9-4-3-5-10(6-9)20-2/h3-8H,1-2H3,(H3,15,17,18). The monoisotopic (exact) mass is 269 g/mol. The van der Waals surface area contributed by atoms with Gasteiger partial charge in [0.25, 0.3) is 0 Å². The van der Waals surface area contributed by atoms with Gasteiger partial charge in [-0.15, -0.1) is 0 Å². The zero-order chi connectivity index (χ0) is 14.1. The number of aromatic amines is 1. The number of ether oxygens (including phenoxy) is 1. The highest BCUT2D eigenvalue weighted by Crippen LogP contribution is 2.35. The van der Waals surface area contributed by atoms with Crippen molar-refractivity contribution in [2.45, 2.75) is 0 Å². The van der Waals surface area contributed by atoms with Crippen molar-refractivity contribution in [1.29, 1.82) is 0 Å². The van der Waals surface area contributed by atoms with Crippen molar-refractivity contribution in [2.24, 2.45) is 7.05 Å². The Kier molecular flexibility index (Phi) is 2.90. The first-order chi connectivity index (χ1) is 9.69. The highest BCUT2D eigenvalue weighted by atomic mass is 16.5. The maximum absolute atomic E-state index is 5.99. The lowest BCUT2D eigenvalue weighted by Gasteiger charge is -2.05. The lowest BCUT2D eigenvalue weighted by atomic mass is 10.0. The Hall–Kier alpha value is -2.76. The molecule has 6 nitrogen and oxygen atoms in total. The Balaban J connectivity index is 2.15. The third-order valence-electron chi connectivity index (χ3n) is 3.11. The molecule has 3 N–H and O–H groups in total. The van der Waals surface area contributed by atoms with Gasteiger partial charge >= 0.3 is 0 Å². The van der Waals surface area contributed by atoms with E-state index >= 15 is 0 Å². The number of nitrogens with two attached hydrogens (primary N) is 1. The van der Waals surface area contributed by atoms with Crippen LogP contribution in [0, 0.1) is 0 Å². The molecule has 0 unspecified atom stereocenters. The molecule has 0 aliphatic heterocycles. The first-order valence-corrected chi connectivity index (χ1v) is 6.15. The zero-order valence-corrected chi connectivity index (χ0v) is 11.3. The summed E-state index contributed by atoms with van der Waals surface area (Å²) in [5, 5.41) is 7.04. The number of imidazole rings is 1. The van der Waals surface area contributed by atoms with Gasteiger partial charge < -0.3 is 15.0 Å². The maximum Gasteiger partial charge on any atom is 0.153 e. The second-order valence-electron chi connectivity index (χ2n) is 4.52. The summed E-state index contributed by atoms with van der Waals surface area (Å²) in [5.74, 6) is 1.22. The molecule has 0 aliphatic rings. The number of nitrogens with one attached hydrogen (secondary N) is 1. The van der Waals surface area contributed by atoms with Crippen LogP contribution in [0.3, 0.4) is 0 Å². The number of H-pyrrole nitrogens is 1. The van der Waals surface area contributed by atoms with E-state index in [0.29, 0.717) is 5.82 Å². The van der Waals surface area contributed by atoms with Crippen molar-refractivity contribution in [3.05, 3.63) is 36.8 Å². The molecule has 1 aromatic carbocycles. The van der Waals surface area contributed by atoms with E-state index in [1.807, 2.05) is 42.1 Å². The fraction of sp³-hybridized carbons (Fsp3) is 0.143. The number of rotatable bonds is 3. The summed E-state index contributed by atoms with van der Waals surface area (Å²) in [7, 11) is 3.55. The van der Waals surface area contributed by atoms with Crippen molar-refractivity contribution < 1.29 is 4.74 Å². The van der Waals surface area contributed by atoms with Gasteiger partial charge in [-0.05, 0) is 17.7 Å². The number of aromatic nitrogens is 4. The van der Waals surface area contributed by atoms with Crippen LogP contribution in [0.15, 0.2) is 36.8 Å². The van der Waals surface area contributed by atoms with Crippen LogP contribution < -0.4 is 10.5 Å². The van der Waals surface area contributed by atoms with Crippen molar-refractivity contribution in [3.63, 3.8) is 0 Å². The number of nitrogen functional groups attached to an aromatic ring is 1.